The van der Waals surface area contributed by atoms with Crippen molar-refractivity contribution in [1.29, 1.82) is 0 Å². The van der Waals surface area contributed by atoms with Gasteiger partial charge in [-0.25, -0.2) is 18.0 Å². The smallest absolute Gasteiger partial charge is 0.317 e. The average molecular weight is 352 g/mol. The Morgan fingerprint density at radius 2 is 1.80 bits per heavy atom. The molecule has 0 bridgehead atoms. The molecule has 0 saturated heterocycles. The fourth-order valence-corrected chi connectivity index (χ4v) is 2.09. The van der Waals surface area contributed by atoms with Gasteiger partial charge in [0.25, 0.3) is 0 Å². The van der Waals surface area contributed by atoms with Gasteiger partial charge in [0.2, 0.25) is 0 Å². The van der Waals surface area contributed by atoms with Gasteiger partial charge in [-0.2, -0.15) is 0 Å². The van der Waals surface area contributed by atoms with E-state index in [1.807, 2.05) is 0 Å². The predicted molar refractivity (Wildman–Crippen MR) is 87.8 cm³/mol. The molecule has 1 unspecified atom stereocenters. The lowest BCUT2D eigenvalue weighted by molar-refractivity contribution is 0.192. The summed E-state index contributed by atoms with van der Waals surface area (Å²) in [6.07, 6.45) is 0. The minimum atomic E-state index is -0.959. The maximum Gasteiger partial charge on any atom is 0.317 e. The number of carbonyl (C=O) groups excluding carboxylic acids is 1. The van der Waals surface area contributed by atoms with Gasteiger partial charge in [-0.3, -0.25) is 0 Å². The van der Waals surface area contributed by atoms with E-state index in [2.05, 4.69) is 5.32 Å². The van der Waals surface area contributed by atoms with Gasteiger partial charge in [-0.1, -0.05) is 6.07 Å². The Balaban J connectivity index is 1.80. The first kappa shape index (κ1) is 18.6. The molecular formula is C18H19F3N2O2. The van der Waals surface area contributed by atoms with E-state index in [4.69, 9.17) is 4.74 Å². The normalized spacial score (nSPS) is 11.7. The second-order valence-corrected chi connectivity index (χ2v) is 5.57. The zero-order valence-corrected chi connectivity index (χ0v) is 13.9. The molecule has 2 amide bonds. The standard InChI is InChI=1S/C18H19F3N2O2/c1-12(13-3-8-16(20)17(21)11-13)22-18(24)23(2)9-10-25-15-6-4-14(19)5-7-15/h3-8,11-12H,9-10H2,1-2H3,(H,22,24). The van der Waals surface area contributed by atoms with Crippen LogP contribution in [0.2, 0.25) is 0 Å². The number of urea groups is 1. The molecule has 0 radical (unpaired) electrons. The minimum absolute atomic E-state index is 0.231. The summed E-state index contributed by atoms with van der Waals surface area (Å²) in [5.74, 6) is -1.74. The van der Waals surface area contributed by atoms with Gasteiger partial charge in [0, 0.05) is 7.05 Å². The molecule has 0 heterocycles. The summed E-state index contributed by atoms with van der Waals surface area (Å²) in [5.41, 5.74) is 0.461. The summed E-state index contributed by atoms with van der Waals surface area (Å²) in [6.45, 7) is 2.20. The van der Waals surface area contributed by atoms with Gasteiger partial charge in [0.15, 0.2) is 11.6 Å². The Labute approximate surface area is 144 Å². The van der Waals surface area contributed by atoms with Crippen LogP contribution in [0.15, 0.2) is 42.5 Å². The van der Waals surface area contributed by atoms with Crippen LogP contribution >= 0.6 is 0 Å². The average Bonchev–Trinajstić information content (AvgIpc) is 2.58. The van der Waals surface area contributed by atoms with E-state index < -0.39 is 17.7 Å². The number of hydrogen-bond donors (Lipinski definition) is 1. The lowest BCUT2D eigenvalue weighted by atomic mass is 10.1. The molecule has 0 fully saturated rings. The number of carbonyl (C=O) groups is 1. The zero-order valence-electron chi connectivity index (χ0n) is 13.9. The van der Waals surface area contributed by atoms with Gasteiger partial charge in [-0.15, -0.1) is 0 Å². The van der Waals surface area contributed by atoms with Gasteiger partial charge in [0.05, 0.1) is 12.6 Å². The summed E-state index contributed by atoms with van der Waals surface area (Å²) >= 11 is 0. The molecule has 2 aromatic rings. The first-order valence-corrected chi connectivity index (χ1v) is 7.72. The molecule has 25 heavy (non-hydrogen) atoms. The van der Waals surface area contributed by atoms with Crippen molar-refractivity contribution < 1.29 is 22.7 Å². The van der Waals surface area contributed by atoms with Crippen LogP contribution in [-0.4, -0.2) is 31.1 Å². The summed E-state index contributed by atoms with van der Waals surface area (Å²) < 4.78 is 44.4. The molecule has 0 aliphatic heterocycles. The maximum atomic E-state index is 13.3. The highest BCUT2D eigenvalue weighted by molar-refractivity contribution is 5.74. The molecule has 0 aromatic heterocycles. The van der Waals surface area contributed by atoms with Gasteiger partial charge in [0.1, 0.15) is 18.2 Å². The van der Waals surface area contributed by atoms with Gasteiger partial charge < -0.3 is 15.0 Å². The maximum absolute atomic E-state index is 13.3. The topological polar surface area (TPSA) is 41.6 Å². The Morgan fingerprint density at radius 3 is 2.44 bits per heavy atom. The Bertz CT molecular complexity index is 723. The monoisotopic (exact) mass is 352 g/mol. The highest BCUT2D eigenvalue weighted by Crippen LogP contribution is 2.16. The van der Waals surface area contributed by atoms with Crippen LogP contribution in [0, 0.1) is 17.5 Å². The van der Waals surface area contributed by atoms with Crippen LogP contribution in [0.25, 0.3) is 0 Å². The number of nitrogens with one attached hydrogen (secondary N) is 1. The number of rotatable bonds is 6. The van der Waals surface area contributed by atoms with Crippen LogP contribution in [-0.2, 0) is 0 Å². The molecule has 1 atom stereocenters. The number of benzene rings is 2. The first-order chi connectivity index (χ1) is 11.9. The number of amides is 2. The van der Waals surface area contributed by atoms with Crippen molar-refractivity contribution in [1.82, 2.24) is 10.2 Å². The molecule has 0 aliphatic rings. The largest absolute Gasteiger partial charge is 0.492 e. The van der Waals surface area contributed by atoms with E-state index in [1.165, 1.54) is 35.2 Å². The molecule has 0 aliphatic carbocycles. The van der Waals surface area contributed by atoms with Crippen LogP contribution < -0.4 is 10.1 Å². The quantitative estimate of drug-likeness (QED) is 0.857. The number of ether oxygens (including phenoxy) is 1. The van der Waals surface area contributed by atoms with E-state index >= 15 is 0 Å². The SMILES string of the molecule is CC(NC(=O)N(C)CCOc1ccc(F)cc1)c1ccc(F)c(F)c1. The molecule has 7 heteroatoms. The van der Waals surface area contributed by atoms with Crippen molar-refractivity contribution in [3.63, 3.8) is 0 Å². The first-order valence-electron chi connectivity index (χ1n) is 7.72. The molecule has 0 saturated carbocycles. The van der Waals surface area contributed by atoms with E-state index in [-0.39, 0.29) is 18.5 Å². The van der Waals surface area contributed by atoms with Crippen molar-refractivity contribution in [2.45, 2.75) is 13.0 Å². The number of nitrogens with zero attached hydrogens (tertiary/aromatic N) is 1. The van der Waals surface area contributed by atoms with Crippen molar-refractivity contribution in [3.05, 3.63) is 65.5 Å². The van der Waals surface area contributed by atoms with Gasteiger partial charge in [-0.05, 0) is 48.9 Å². The van der Waals surface area contributed by atoms with Crippen LogP contribution in [0.1, 0.15) is 18.5 Å². The third-order valence-electron chi connectivity index (χ3n) is 3.64. The number of halogens is 3. The summed E-state index contributed by atoms with van der Waals surface area (Å²) in [5, 5.41) is 2.69. The van der Waals surface area contributed by atoms with Crippen molar-refractivity contribution in [3.8, 4) is 5.75 Å². The van der Waals surface area contributed by atoms with Crippen molar-refractivity contribution in [2.75, 3.05) is 20.2 Å². The van der Waals surface area contributed by atoms with Crippen molar-refractivity contribution >= 4 is 6.03 Å². The van der Waals surface area contributed by atoms with Crippen LogP contribution in [0.4, 0.5) is 18.0 Å². The highest BCUT2D eigenvalue weighted by atomic mass is 19.2. The molecule has 2 aromatic carbocycles. The predicted octanol–water partition coefficient (Wildman–Crippen LogP) is 3.89. The zero-order chi connectivity index (χ0) is 18.4. The third kappa shape index (κ3) is 5.41. The number of hydrogen-bond acceptors (Lipinski definition) is 2. The van der Waals surface area contributed by atoms with E-state index in [0.717, 1.165) is 12.1 Å². The summed E-state index contributed by atoms with van der Waals surface area (Å²) in [4.78, 5) is 13.5. The Hall–Kier alpha value is -2.70. The highest BCUT2D eigenvalue weighted by Gasteiger charge is 2.15. The molecular weight excluding hydrogens is 333 g/mol. The van der Waals surface area contributed by atoms with Gasteiger partial charge >= 0.3 is 6.03 Å². The second-order valence-electron chi connectivity index (χ2n) is 5.57. The molecule has 4 nitrogen and oxygen atoms in total. The van der Waals surface area contributed by atoms with Crippen molar-refractivity contribution in [2.24, 2.45) is 0 Å². The third-order valence-corrected chi connectivity index (χ3v) is 3.64. The van der Waals surface area contributed by atoms with E-state index in [1.54, 1.807) is 14.0 Å². The fourth-order valence-electron chi connectivity index (χ4n) is 2.09. The van der Waals surface area contributed by atoms with Crippen LogP contribution in [0.3, 0.4) is 0 Å². The lowest BCUT2D eigenvalue weighted by Crippen LogP contribution is -2.40. The molecule has 1 N–H and O–H groups in total. The second kappa shape index (κ2) is 8.41. The Kier molecular flexibility index (Phi) is 6.27. The molecule has 134 valence electrons. The molecule has 0 spiro atoms. The minimum Gasteiger partial charge on any atom is -0.492 e. The van der Waals surface area contributed by atoms with Crippen LogP contribution in [0.5, 0.6) is 5.75 Å². The fraction of sp³-hybridized carbons (Fsp3) is 0.278. The summed E-state index contributed by atoms with van der Waals surface area (Å²) in [6, 6.07) is 8.21. The van der Waals surface area contributed by atoms with E-state index in [9.17, 15) is 18.0 Å². The van der Waals surface area contributed by atoms with E-state index in [0.29, 0.717) is 17.9 Å². The Morgan fingerprint density at radius 1 is 1.12 bits per heavy atom. The lowest BCUT2D eigenvalue weighted by Gasteiger charge is -2.21. The summed E-state index contributed by atoms with van der Waals surface area (Å²) in [7, 11) is 1.58. The molecule has 2 rings (SSSR count). The number of likely N-dealkylation sites (N-methyl/N-ethyl adjacent to an activating group) is 1.